The van der Waals surface area contributed by atoms with Crippen molar-refractivity contribution in [1.82, 2.24) is 4.90 Å². The van der Waals surface area contributed by atoms with Gasteiger partial charge in [0, 0.05) is 37.2 Å². The largest absolute Gasteiger partial charge is 0.491 e. The molecule has 0 spiro atoms. The molecule has 5 nitrogen and oxygen atoms in total. The van der Waals surface area contributed by atoms with Crippen LogP contribution in [0.25, 0.3) is 6.08 Å². The lowest BCUT2D eigenvalue weighted by Crippen LogP contribution is -2.44. The first kappa shape index (κ1) is 17.1. The van der Waals surface area contributed by atoms with Crippen molar-refractivity contribution in [2.45, 2.75) is 18.9 Å². The second-order valence-electron chi connectivity index (χ2n) is 6.69. The highest BCUT2D eigenvalue weighted by Crippen LogP contribution is 2.30. The number of ketones is 1. The Hall–Kier alpha value is -2.37. The fraction of sp³-hybridized carbons (Fsp3) is 0.381. The molecule has 1 aromatic carbocycles. The Morgan fingerprint density at radius 3 is 3.08 bits per heavy atom. The Labute approximate surface area is 153 Å². The molecule has 1 saturated heterocycles. The minimum absolute atomic E-state index is 0.0359. The van der Waals surface area contributed by atoms with Crippen LogP contribution in [0, 0.1) is 0 Å². The van der Waals surface area contributed by atoms with Crippen LogP contribution < -0.4 is 4.74 Å². The summed E-state index contributed by atoms with van der Waals surface area (Å²) in [5.74, 6) is 1.91. The van der Waals surface area contributed by atoms with E-state index in [0.29, 0.717) is 19.6 Å². The van der Waals surface area contributed by atoms with E-state index in [4.69, 9.17) is 13.9 Å². The molecular weight excluding hydrogens is 330 g/mol. The molecule has 5 heteroatoms. The summed E-state index contributed by atoms with van der Waals surface area (Å²) >= 11 is 0. The summed E-state index contributed by atoms with van der Waals surface area (Å²) in [4.78, 5) is 14.2. The number of Topliss-reactive ketones (excluding diaryl/α,β-unsaturated/α-hetero) is 1. The quantitative estimate of drug-likeness (QED) is 0.798. The van der Waals surface area contributed by atoms with Crippen LogP contribution in [0.5, 0.6) is 5.75 Å². The number of fused-ring (bicyclic) bond motifs is 1. The number of rotatable bonds is 6. The number of nitrogens with zero attached hydrogens (tertiary/aromatic N) is 1. The third-order valence-electron chi connectivity index (χ3n) is 4.87. The zero-order valence-corrected chi connectivity index (χ0v) is 14.7. The molecule has 0 radical (unpaired) electrons. The molecule has 0 amide bonds. The lowest BCUT2D eigenvalue weighted by atomic mass is 10.1. The maximum atomic E-state index is 11.9. The number of carbonyl (C=O) groups excluding carboxylic acids is 1. The molecular formula is C21H23NO4. The second-order valence-corrected chi connectivity index (χ2v) is 6.69. The standard InChI is InChI=1S/C21H23NO4/c23-20-9-8-19-18(20)6-1-7-21(19)26-15-17-14-22(11-13-25-17)10-2-4-16-5-3-12-24-16/h1-7,12,17H,8-11,13-15H2/b4-2-. The minimum atomic E-state index is 0.0359. The van der Waals surface area contributed by atoms with E-state index in [2.05, 4.69) is 11.0 Å². The third kappa shape index (κ3) is 3.89. The van der Waals surface area contributed by atoms with E-state index in [1.54, 1.807) is 6.26 Å². The topological polar surface area (TPSA) is 51.9 Å². The molecule has 0 bridgehead atoms. The number of benzene rings is 1. The molecule has 1 aliphatic heterocycles. The van der Waals surface area contributed by atoms with E-state index >= 15 is 0 Å². The van der Waals surface area contributed by atoms with Gasteiger partial charge in [-0.3, -0.25) is 9.69 Å². The molecule has 26 heavy (non-hydrogen) atoms. The van der Waals surface area contributed by atoms with Crippen LogP contribution in [0.3, 0.4) is 0 Å². The first-order chi connectivity index (χ1) is 12.8. The van der Waals surface area contributed by atoms with Gasteiger partial charge in [0.15, 0.2) is 5.78 Å². The average molecular weight is 353 g/mol. The molecule has 2 aliphatic rings. The van der Waals surface area contributed by atoms with Crippen molar-refractivity contribution < 1.29 is 18.7 Å². The van der Waals surface area contributed by atoms with Crippen molar-refractivity contribution in [2.75, 3.05) is 32.8 Å². The summed E-state index contributed by atoms with van der Waals surface area (Å²) in [5.41, 5.74) is 1.86. The number of ether oxygens (including phenoxy) is 2. The highest BCUT2D eigenvalue weighted by Gasteiger charge is 2.24. The van der Waals surface area contributed by atoms with Crippen molar-refractivity contribution in [2.24, 2.45) is 0 Å². The summed E-state index contributed by atoms with van der Waals surface area (Å²) in [6.45, 7) is 3.80. The maximum Gasteiger partial charge on any atom is 0.163 e. The summed E-state index contributed by atoms with van der Waals surface area (Å²) in [5, 5.41) is 0. The Morgan fingerprint density at radius 2 is 2.19 bits per heavy atom. The van der Waals surface area contributed by atoms with Crippen molar-refractivity contribution >= 4 is 11.9 Å². The number of carbonyl (C=O) groups is 1. The summed E-state index contributed by atoms with van der Waals surface area (Å²) < 4.78 is 17.2. The van der Waals surface area contributed by atoms with Crippen LogP contribution >= 0.6 is 0 Å². The monoisotopic (exact) mass is 353 g/mol. The molecule has 1 aliphatic carbocycles. The summed E-state index contributed by atoms with van der Waals surface area (Å²) in [6.07, 6.45) is 7.18. The predicted molar refractivity (Wildman–Crippen MR) is 98.5 cm³/mol. The second kappa shape index (κ2) is 7.89. The van der Waals surface area contributed by atoms with E-state index in [1.807, 2.05) is 36.4 Å². The molecule has 1 unspecified atom stereocenters. The number of hydrogen-bond donors (Lipinski definition) is 0. The first-order valence-electron chi connectivity index (χ1n) is 9.11. The van der Waals surface area contributed by atoms with Gasteiger partial charge in [0.1, 0.15) is 24.2 Å². The summed E-state index contributed by atoms with van der Waals surface area (Å²) in [7, 11) is 0. The van der Waals surface area contributed by atoms with Crippen molar-refractivity contribution in [1.29, 1.82) is 0 Å². The van der Waals surface area contributed by atoms with Gasteiger partial charge >= 0.3 is 0 Å². The average Bonchev–Trinajstić information content (AvgIpc) is 3.31. The van der Waals surface area contributed by atoms with E-state index < -0.39 is 0 Å². The maximum absolute atomic E-state index is 11.9. The zero-order valence-electron chi connectivity index (χ0n) is 14.7. The molecule has 1 atom stereocenters. The van der Waals surface area contributed by atoms with Crippen LogP contribution in [-0.4, -0.2) is 49.6 Å². The molecule has 1 fully saturated rings. The number of furan rings is 1. The van der Waals surface area contributed by atoms with Crippen molar-refractivity contribution in [3.8, 4) is 5.75 Å². The Kier molecular flexibility index (Phi) is 5.18. The normalized spacial score (nSPS) is 20.6. The van der Waals surface area contributed by atoms with Crippen LogP contribution in [-0.2, 0) is 11.2 Å². The van der Waals surface area contributed by atoms with Gasteiger partial charge in [-0.05, 0) is 30.7 Å². The lowest BCUT2D eigenvalue weighted by Gasteiger charge is -2.32. The Balaban J connectivity index is 1.30. The molecule has 1 aromatic heterocycles. The first-order valence-corrected chi connectivity index (χ1v) is 9.11. The molecule has 0 N–H and O–H groups in total. The van der Waals surface area contributed by atoms with Crippen LogP contribution in [0.4, 0.5) is 0 Å². The number of morpholine rings is 1. The Morgan fingerprint density at radius 1 is 1.23 bits per heavy atom. The summed E-state index contributed by atoms with van der Waals surface area (Å²) in [6, 6.07) is 9.56. The molecule has 4 rings (SSSR count). The molecule has 0 saturated carbocycles. The number of hydrogen-bond acceptors (Lipinski definition) is 5. The SMILES string of the molecule is O=C1CCc2c(OCC3CN(C/C=C\c4ccco4)CCO3)cccc21. The Bertz CT molecular complexity index is 781. The van der Waals surface area contributed by atoms with E-state index in [1.165, 1.54) is 0 Å². The predicted octanol–water partition coefficient (Wildman–Crippen LogP) is 3.20. The fourth-order valence-electron chi connectivity index (χ4n) is 3.53. The smallest absolute Gasteiger partial charge is 0.163 e. The van der Waals surface area contributed by atoms with E-state index in [0.717, 1.165) is 48.7 Å². The van der Waals surface area contributed by atoms with Gasteiger partial charge in [0.25, 0.3) is 0 Å². The third-order valence-corrected chi connectivity index (χ3v) is 4.87. The van der Waals surface area contributed by atoms with Gasteiger partial charge in [-0.15, -0.1) is 0 Å². The van der Waals surface area contributed by atoms with Gasteiger partial charge in [0.05, 0.1) is 12.9 Å². The minimum Gasteiger partial charge on any atom is -0.491 e. The zero-order chi connectivity index (χ0) is 17.8. The van der Waals surface area contributed by atoms with Gasteiger partial charge in [-0.1, -0.05) is 18.2 Å². The highest BCUT2D eigenvalue weighted by molar-refractivity contribution is 6.01. The van der Waals surface area contributed by atoms with Gasteiger partial charge in [-0.2, -0.15) is 0 Å². The van der Waals surface area contributed by atoms with Crippen molar-refractivity contribution in [3.05, 3.63) is 59.6 Å². The van der Waals surface area contributed by atoms with Crippen molar-refractivity contribution in [3.63, 3.8) is 0 Å². The molecule has 2 aromatic rings. The van der Waals surface area contributed by atoms with Gasteiger partial charge in [-0.25, -0.2) is 0 Å². The molecule has 2 heterocycles. The lowest BCUT2D eigenvalue weighted by molar-refractivity contribution is -0.0447. The van der Waals surface area contributed by atoms with E-state index in [9.17, 15) is 4.79 Å². The van der Waals surface area contributed by atoms with Crippen LogP contribution in [0.15, 0.2) is 47.1 Å². The molecule has 136 valence electrons. The van der Waals surface area contributed by atoms with Gasteiger partial charge in [0.2, 0.25) is 0 Å². The van der Waals surface area contributed by atoms with Crippen LogP contribution in [0.2, 0.25) is 0 Å². The van der Waals surface area contributed by atoms with Gasteiger partial charge < -0.3 is 13.9 Å². The van der Waals surface area contributed by atoms with Crippen LogP contribution in [0.1, 0.15) is 28.1 Å². The van der Waals surface area contributed by atoms with E-state index in [-0.39, 0.29) is 11.9 Å². The fourth-order valence-corrected chi connectivity index (χ4v) is 3.53. The highest BCUT2D eigenvalue weighted by atomic mass is 16.5.